The molecule has 4 rings (SSSR count). The number of nitrogens with one attached hydrogen (secondary N) is 1. The largest absolute Gasteiger partial charge is 0.481 e. The topological polar surface area (TPSA) is 86.4 Å². The molecule has 3 heterocycles. The summed E-state index contributed by atoms with van der Waals surface area (Å²) in [7, 11) is 3.18. The third-order valence-corrected chi connectivity index (χ3v) is 4.37. The monoisotopic (exact) mass is 325 g/mol. The zero-order valence-corrected chi connectivity index (χ0v) is 13.2. The first-order valence-electron chi connectivity index (χ1n) is 7.50. The lowest BCUT2D eigenvalue weighted by atomic mass is 9.85. The van der Waals surface area contributed by atoms with E-state index in [1.807, 2.05) is 18.2 Å². The molecule has 0 aliphatic carbocycles. The number of carbonyl (C=O) groups excluding carboxylic acids is 1. The van der Waals surface area contributed by atoms with E-state index in [2.05, 4.69) is 10.3 Å². The number of hydrogen-bond acceptors (Lipinski definition) is 5. The van der Waals surface area contributed by atoms with Crippen LogP contribution in [0, 0.1) is 0 Å². The lowest BCUT2D eigenvalue weighted by Gasteiger charge is -2.26. The number of anilines is 1. The molecule has 1 unspecified atom stereocenters. The van der Waals surface area contributed by atoms with Crippen molar-refractivity contribution in [2.24, 2.45) is 7.05 Å². The third kappa shape index (κ3) is 2.09. The van der Waals surface area contributed by atoms with Crippen LogP contribution in [0.25, 0.3) is 11.1 Å². The van der Waals surface area contributed by atoms with Crippen LogP contribution in [-0.4, -0.2) is 22.6 Å². The minimum atomic E-state index is -0.436. The van der Waals surface area contributed by atoms with Crippen LogP contribution >= 0.6 is 0 Å². The zero-order valence-electron chi connectivity index (χ0n) is 13.2. The van der Waals surface area contributed by atoms with Gasteiger partial charge in [-0.05, 0) is 23.8 Å². The van der Waals surface area contributed by atoms with Crippen LogP contribution in [-0.2, 0) is 11.8 Å². The van der Waals surface area contributed by atoms with Gasteiger partial charge in [0.15, 0.2) is 5.58 Å². The van der Waals surface area contributed by atoms with Crippen LogP contribution in [0.2, 0.25) is 0 Å². The number of aryl methyl sites for hydroxylation is 1. The molecule has 122 valence electrons. The van der Waals surface area contributed by atoms with Gasteiger partial charge in [0.2, 0.25) is 11.8 Å². The number of carbonyl (C=O) groups is 1. The number of pyridine rings is 1. The molecule has 1 aliphatic rings. The Labute approximate surface area is 136 Å². The normalized spacial score (nSPS) is 16.8. The van der Waals surface area contributed by atoms with Crippen LogP contribution in [0.1, 0.15) is 23.5 Å². The number of methoxy groups -OCH3 is 1. The van der Waals surface area contributed by atoms with E-state index < -0.39 is 5.76 Å². The molecule has 1 amide bonds. The van der Waals surface area contributed by atoms with Gasteiger partial charge in [0.1, 0.15) is 0 Å². The second kappa shape index (κ2) is 5.23. The predicted octanol–water partition coefficient (Wildman–Crippen LogP) is 2.01. The highest BCUT2D eigenvalue weighted by atomic mass is 16.5. The second-order valence-electron chi connectivity index (χ2n) is 5.74. The van der Waals surface area contributed by atoms with Crippen molar-refractivity contribution in [3.8, 4) is 5.88 Å². The van der Waals surface area contributed by atoms with E-state index >= 15 is 0 Å². The van der Waals surface area contributed by atoms with Crippen molar-refractivity contribution in [1.29, 1.82) is 0 Å². The maximum absolute atomic E-state index is 12.2. The van der Waals surface area contributed by atoms with E-state index in [1.165, 1.54) is 4.57 Å². The van der Waals surface area contributed by atoms with Crippen LogP contribution in [0.15, 0.2) is 39.7 Å². The summed E-state index contributed by atoms with van der Waals surface area (Å²) in [6.07, 6.45) is 1.92. The maximum Gasteiger partial charge on any atom is 0.419 e. The number of nitrogens with zero attached hydrogens (tertiary/aromatic N) is 2. The molecule has 2 aromatic heterocycles. The summed E-state index contributed by atoms with van der Waals surface area (Å²) < 4.78 is 12.0. The van der Waals surface area contributed by atoms with Crippen molar-refractivity contribution >= 4 is 22.7 Å². The fraction of sp³-hybridized carbons (Fsp3) is 0.235. The van der Waals surface area contributed by atoms with Crippen molar-refractivity contribution in [3.63, 3.8) is 0 Å². The molecule has 0 spiro atoms. The van der Waals surface area contributed by atoms with Gasteiger partial charge in [0.25, 0.3) is 0 Å². The van der Waals surface area contributed by atoms with Gasteiger partial charge in [-0.1, -0.05) is 6.07 Å². The molecule has 1 N–H and O–H groups in total. The number of fused-ring (bicyclic) bond motifs is 2. The second-order valence-corrected chi connectivity index (χ2v) is 5.74. The first-order valence-corrected chi connectivity index (χ1v) is 7.50. The van der Waals surface area contributed by atoms with Gasteiger partial charge < -0.3 is 14.5 Å². The van der Waals surface area contributed by atoms with Crippen molar-refractivity contribution in [1.82, 2.24) is 9.55 Å². The van der Waals surface area contributed by atoms with E-state index in [4.69, 9.17) is 9.15 Å². The number of hydrogen-bond donors (Lipinski definition) is 1. The quantitative estimate of drug-likeness (QED) is 0.779. The Kier molecular flexibility index (Phi) is 3.16. The number of ether oxygens (including phenoxy) is 1. The molecular formula is C17H15N3O4. The van der Waals surface area contributed by atoms with Gasteiger partial charge in [-0.2, -0.15) is 0 Å². The van der Waals surface area contributed by atoms with E-state index in [0.29, 0.717) is 22.7 Å². The molecule has 0 fully saturated rings. The average Bonchev–Trinajstić information content (AvgIpc) is 2.86. The SMILES string of the molecule is COc1ncccc1C1CC(=O)Nc2cc3c(cc21)oc(=O)n3C. The van der Waals surface area contributed by atoms with E-state index in [1.54, 1.807) is 26.4 Å². The third-order valence-electron chi connectivity index (χ3n) is 4.37. The first-order chi connectivity index (χ1) is 11.6. The average molecular weight is 325 g/mol. The van der Waals surface area contributed by atoms with Gasteiger partial charge in [0.05, 0.1) is 12.6 Å². The molecule has 0 saturated carbocycles. The molecular weight excluding hydrogens is 310 g/mol. The van der Waals surface area contributed by atoms with Crippen LogP contribution < -0.4 is 15.8 Å². The summed E-state index contributed by atoms with van der Waals surface area (Å²) in [6, 6.07) is 7.28. The Morgan fingerprint density at radius 3 is 2.96 bits per heavy atom. The van der Waals surface area contributed by atoms with E-state index in [-0.39, 0.29) is 18.2 Å². The highest BCUT2D eigenvalue weighted by Gasteiger charge is 2.30. The van der Waals surface area contributed by atoms with Gasteiger partial charge in [0, 0.05) is 36.8 Å². The fourth-order valence-corrected chi connectivity index (χ4v) is 3.20. The summed E-state index contributed by atoms with van der Waals surface area (Å²) in [5, 5.41) is 2.87. The maximum atomic E-state index is 12.2. The van der Waals surface area contributed by atoms with Crippen molar-refractivity contribution in [3.05, 3.63) is 52.1 Å². The molecule has 7 nitrogen and oxygen atoms in total. The lowest BCUT2D eigenvalue weighted by Crippen LogP contribution is -2.24. The molecule has 0 radical (unpaired) electrons. The smallest absolute Gasteiger partial charge is 0.419 e. The Hall–Kier alpha value is -3.09. The van der Waals surface area contributed by atoms with Gasteiger partial charge in [-0.25, -0.2) is 9.78 Å². The van der Waals surface area contributed by atoms with E-state index in [0.717, 1.165) is 11.1 Å². The summed E-state index contributed by atoms with van der Waals surface area (Å²) in [5.74, 6) is -0.259. The Bertz CT molecular complexity index is 1020. The van der Waals surface area contributed by atoms with Gasteiger partial charge >= 0.3 is 5.76 Å². The fourth-order valence-electron chi connectivity index (χ4n) is 3.20. The summed E-state index contributed by atoms with van der Waals surface area (Å²) in [6.45, 7) is 0. The minimum Gasteiger partial charge on any atom is -0.481 e. The van der Waals surface area contributed by atoms with Gasteiger partial charge in [-0.15, -0.1) is 0 Å². The van der Waals surface area contributed by atoms with Crippen molar-refractivity contribution in [2.45, 2.75) is 12.3 Å². The molecule has 1 aliphatic heterocycles. The molecule has 0 bridgehead atoms. The number of aromatic nitrogens is 2. The minimum absolute atomic E-state index is 0.0914. The number of benzene rings is 1. The molecule has 3 aromatic rings. The van der Waals surface area contributed by atoms with Crippen molar-refractivity contribution in [2.75, 3.05) is 12.4 Å². The Balaban J connectivity index is 1.96. The highest BCUT2D eigenvalue weighted by molar-refractivity contribution is 5.98. The Morgan fingerprint density at radius 2 is 2.17 bits per heavy atom. The van der Waals surface area contributed by atoms with Gasteiger partial charge in [-0.3, -0.25) is 9.36 Å². The zero-order chi connectivity index (χ0) is 16.8. The van der Waals surface area contributed by atoms with Crippen LogP contribution in [0.5, 0.6) is 5.88 Å². The standard InChI is InChI=1S/C17H15N3O4/c1-20-13-8-12-11(6-14(13)24-17(20)22)10(7-15(21)19-12)9-4-3-5-18-16(9)23-2/h3-6,8,10H,7H2,1-2H3,(H,19,21). The molecule has 1 atom stereocenters. The molecule has 1 aromatic carbocycles. The first kappa shape index (κ1) is 14.5. The summed E-state index contributed by atoms with van der Waals surface area (Å²) in [5.41, 5.74) is 3.51. The van der Waals surface area contributed by atoms with Crippen LogP contribution in [0.3, 0.4) is 0 Å². The predicted molar refractivity (Wildman–Crippen MR) is 87.3 cm³/mol. The lowest BCUT2D eigenvalue weighted by molar-refractivity contribution is -0.116. The number of amides is 1. The molecule has 7 heteroatoms. The highest BCUT2D eigenvalue weighted by Crippen LogP contribution is 2.41. The van der Waals surface area contributed by atoms with Crippen LogP contribution in [0.4, 0.5) is 5.69 Å². The summed E-state index contributed by atoms with van der Waals surface area (Å²) >= 11 is 0. The van der Waals surface area contributed by atoms with Crippen molar-refractivity contribution < 1.29 is 13.9 Å². The number of oxazole rings is 1. The number of rotatable bonds is 2. The van der Waals surface area contributed by atoms with E-state index in [9.17, 15) is 9.59 Å². The Morgan fingerprint density at radius 1 is 1.33 bits per heavy atom. The molecule has 0 saturated heterocycles. The summed E-state index contributed by atoms with van der Waals surface area (Å²) in [4.78, 5) is 28.1. The molecule has 24 heavy (non-hydrogen) atoms.